The number of amides is 3. The number of rotatable bonds is 35. The summed E-state index contributed by atoms with van der Waals surface area (Å²) < 4.78 is 0. The molecule has 0 spiro atoms. The molecule has 0 bridgehead atoms. The molecule has 0 radical (unpaired) electrons. The Morgan fingerprint density at radius 1 is 0.360 bits per heavy atom. The summed E-state index contributed by atoms with van der Waals surface area (Å²) in [7, 11) is 0. The number of hydrogen-bond acceptors (Lipinski definition) is 15. The molecule has 0 aliphatic carbocycles. The van der Waals surface area contributed by atoms with Crippen LogP contribution in [0.15, 0.2) is 121 Å². The summed E-state index contributed by atoms with van der Waals surface area (Å²) in [5.74, 6) is 3.36. The molecule has 18 nitrogen and oxygen atoms in total. The van der Waals surface area contributed by atoms with Gasteiger partial charge in [0, 0.05) is 127 Å². The number of benzene rings is 5. The van der Waals surface area contributed by atoms with E-state index in [1.165, 1.54) is 23.1 Å². The molecule has 3 atom stereocenters. The highest BCUT2D eigenvalue weighted by Crippen LogP contribution is 2.28. The number of fused-ring (bicyclic) bond motifs is 1. The lowest BCUT2D eigenvalue weighted by Crippen LogP contribution is -2.49. The topological polar surface area (TPSA) is 241 Å². The molecule has 704 valence electrons. The third kappa shape index (κ3) is 48.6. The van der Waals surface area contributed by atoms with Gasteiger partial charge in [0.25, 0.3) is 0 Å². The number of para-hydroxylation sites is 1. The molecule has 3 aliphatic rings. The van der Waals surface area contributed by atoms with Crippen molar-refractivity contribution in [2.45, 2.75) is 354 Å². The molecule has 2 saturated heterocycles. The Morgan fingerprint density at radius 2 is 0.776 bits per heavy atom. The largest absolute Gasteiger partial charge is 0.383 e. The highest BCUT2D eigenvalue weighted by Gasteiger charge is 2.34. The number of Topliss-reactive ketones (excluding diaryl/α,β-unsaturated/α-hetero) is 7. The van der Waals surface area contributed by atoms with Gasteiger partial charge in [-0.25, -0.2) is 0 Å². The Morgan fingerprint density at radius 3 is 1.21 bits per heavy atom. The second-order valence-electron chi connectivity index (χ2n) is 38.0. The van der Waals surface area contributed by atoms with E-state index in [2.05, 4.69) is 112 Å². The number of likely N-dealkylation sites (tertiary alicyclic amines) is 2. The molecule has 125 heavy (non-hydrogen) atoms. The van der Waals surface area contributed by atoms with Gasteiger partial charge in [-0.05, 0) is 154 Å². The van der Waals surface area contributed by atoms with Crippen LogP contribution in [0.25, 0.3) is 0 Å². The first-order valence-corrected chi connectivity index (χ1v) is 46.0. The lowest BCUT2D eigenvalue weighted by atomic mass is 9.97. The summed E-state index contributed by atoms with van der Waals surface area (Å²) >= 11 is 0. The van der Waals surface area contributed by atoms with Crippen LogP contribution in [-0.4, -0.2) is 149 Å². The van der Waals surface area contributed by atoms with Gasteiger partial charge in [-0.2, -0.15) is 0 Å². The SMILES string of the molecule is C.C.C.CC(C)CCc1ccc(C(=O)C(C)C)cc1.CC(C)Cc1cccc(CC(=O)C(C)C)c1.CC(C)NC1CCc2ccccc2N(CC(=O)C(C)C)C1=O.CC(C)NCc1cccc(C(=O)C(C)C)c1.CC(C)N[C@@H]1CCCCN(CC(=O)C(C)C)C1=O.CC(C)N[C@H]1CCCCN(CC(=O)C(C)C)C1=O.CC(C)Nc1ccc(CC(=O)C(C)C)cc1. The highest BCUT2D eigenvalue weighted by molar-refractivity contribution is 6.03. The van der Waals surface area contributed by atoms with E-state index in [1.807, 2.05) is 229 Å². The average molecular weight is 1730 g/mol. The molecule has 3 aliphatic heterocycles. The quantitative estimate of drug-likeness (QED) is 0.0237. The number of carbonyl (C=O) groups excluding carboxylic acids is 10. The Balaban J connectivity index is 0. The number of aryl methyl sites for hydroxylation is 2. The first kappa shape index (κ1) is 119. The summed E-state index contributed by atoms with van der Waals surface area (Å²) in [6, 6.07) is 41.6. The molecule has 5 aromatic rings. The fraction of sp³-hybridized carbons (Fsp3) is 0.626. The van der Waals surface area contributed by atoms with E-state index in [9.17, 15) is 47.9 Å². The van der Waals surface area contributed by atoms with Crippen molar-refractivity contribution >= 4 is 69.6 Å². The van der Waals surface area contributed by atoms with Gasteiger partial charge in [0.15, 0.2) is 28.9 Å². The van der Waals surface area contributed by atoms with Gasteiger partial charge in [-0.3, -0.25) is 47.9 Å². The maximum Gasteiger partial charge on any atom is 0.244 e. The number of nitrogens with one attached hydrogen (secondary N) is 5. The summed E-state index contributed by atoms with van der Waals surface area (Å²) in [5, 5.41) is 16.6. The van der Waals surface area contributed by atoms with Crippen LogP contribution in [-0.2, 0) is 77.0 Å². The maximum absolute atomic E-state index is 12.9. The summed E-state index contributed by atoms with van der Waals surface area (Å²) in [6.45, 7) is 59.4. The van der Waals surface area contributed by atoms with Crippen molar-refractivity contribution in [3.05, 3.63) is 166 Å². The highest BCUT2D eigenvalue weighted by atomic mass is 16.2. The van der Waals surface area contributed by atoms with E-state index in [4.69, 9.17) is 0 Å². The lowest BCUT2D eigenvalue weighted by Gasteiger charge is -2.27. The van der Waals surface area contributed by atoms with E-state index in [0.29, 0.717) is 67.6 Å². The predicted molar refractivity (Wildman–Crippen MR) is 528 cm³/mol. The molecule has 0 aromatic heterocycles. The van der Waals surface area contributed by atoms with Gasteiger partial charge >= 0.3 is 0 Å². The molecule has 8 rings (SSSR count). The molecule has 3 amide bonds. The number of ketones is 7. The lowest BCUT2D eigenvalue weighted by molar-refractivity contribution is -0.137. The van der Waals surface area contributed by atoms with Gasteiger partial charge in [0.05, 0.1) is 37.8 Å². The minimum atomic E-state index is -0.229. The van der Waals surface area contributed by atoms with Crippen LogP contribution in [0.5, 0.6) is 0 Å². The van der Waals surface area contributed by atoms with E-state index in [0.717, 1.165) is 116 Å². The summed E-state index contributed by atoms with van der Waals surface area (Å²) in [5.41, 5.74) is 10.9. The van der Waals surface area contributed by atoms with Crippen LogP contribution in [0.3, 0.4) is 0 Å². The zero-order valence-electron chi connectivity index (χ0n) is 80.7. The van der Waals surface area contributed by atoms with E-state index < -0.39 is 0 Å². The average Bonchev–Trinajstić information content (AvgIpc) is 1.68. The van der Waals surface area contributed by atoms with E-state index in [1.54, 1.807) is 14.7 Å². The minimum absolute atomic E-state index is 0. The first-order valence-electron chi connectivity index (χ1n) is 46.0. The van der Waals surface area contributed by atoms with E-state index in [-0.39, 0.29) is 154 Å². The van der Waals surface area contributed by atoms with Gasteiger partial charge in [0.1, 0.15) is 11.6 Å². The first-order chi connectivity index (χ1) is 57.2. The van der Waals surface area contributed by atoms with Crippen molar-refractivity contribution in [2.24, 2.45) is 53.3 Å². The van der Waals surface area contributed by atoms with Crippen LogP contribution in [0.2, 0.25) is 0 Å². The molecule has 5 N–H and O–H groups in total. The minimum Gasteiger partial charge on any atom is -0.383 e. The predicted octanol–water partition coefficient (Wildman–Crippen LogP) is 21.7. The normalized spacial score (nSPS) is 15.1. The van der Waals surface area contributed by atoms with Crippen LogP contribution >= 0.6 is 0 Å². The smallest absolute Gasteiger partial charge is 0.244 e. The van der Waals surface area contributed by atoms with Crippen LogP contribution in [0.1, 0.15) is 322 Å². The molecule has 0 saturated carbocycles. The van der Waals surface area contributed by atoms with Crippen molar-refractivity contribution in [3.63, 3.8) is 0 Å². The third-order valence-corrected chi connectivity index (χ3v) is 21.0. The van der Waals surface area contributed by atoms with Crippen molar-refractivity contribution < 1.29 is 47.9 Å². The van der Waals surface area contributed by atoms with Gasteiger partial charge in [0.2, 0.25) is 17.7 Å². The van der Waals surface area contributed by atoms with Crippen LogP contribution in [0, 0.1) is 53.3 Å². The number of hydrogen-bond donors (Lipinski definition) is 5. The van der Waals surface area contributed by atoms with Crippen molar-refractivity contribution in [1.29, 1.82) is 0 Å². The molecule has 2 fully saturated rings. The number of anilines is 2. The maximum atomic E-state index is 12.9. The van der Waals surface area contributed by atoms with Crippen molar-refractivity contribution in [3.8, 4) is 0 Å². The van der Waals surface area contributed by atoms with Gasteiger partial charge in [-0.1, -0.05) is 299 Å². The molecular weight excluding hydrogens is 1560 g/mol. The fourth-order valence-electron chi connectivity index (χ4n) is 13.5. The molecule has 3 heterocycles. The summed E-state index contributed by atoms with van der Waals surface area (Å²) in [4.78, 5) is 125. The fourth-order valence-corrected chi connectivity index (χ4v) is 13.5. The Bertz CT molecular complexity index is 3880. The zero-order chi connectivity index (χ0) is 92.2. The summed E-state index contributed by atoms with van der Waals surface area (Å²) in [6.07, 6.45) is 12.0. The second kappa shape index (κ2) is 62.9. The zero-order valence-corrected chi connectivity index (χ0v) is 80.7. The molecular formula is C107H176N8O10. The van der Waals surface area contributed by atoms with E-state index >= 15 is 0 Å². The number of nitrogens with zero attached hydrogens (tertiary/aromatic N) is 3. The number of carbonyl (C=O) groups is 10. The van der Waals surface area contributed by atoms with Gasteiger partial charge < -0.3 is 41.3 Å². The monoisotopic (exact) mass is 1730 g/mol. The third-order valence-electron chi connectivity index (χ3n) is 21.0. The van der Waals surface area contributed by atoms with Gasteiger partial charge in [-0.15, -0.1) is 0 Å². The standard InChI is InChI=1S/C18H26N2O2.2C15H22O.2C14H26N2O2.2C14H21NO.3CH4/c1-12(2)17(21)11-20-16-8-6-5-7-14(16)9-10-15(18(20)22)19-13(3)4;1-11(2)5-6-13-7-9-14(10-8-13)15(16)12(3)4;1-11(2)8-13-6-5-7-14(9-13)10-15(16)12(3)4;2*1-10(2)13(17)9-16-8-6-5-7-12(14(16)18)15-11(3)4;1-10(2)14(16)9-12-5-7-13(8-6-12)15-11(3)4;1-10(2)14(16)13-7-5-6-12(8-13)9-15-11(3)4;;;/h5-8,12-13,15,19H,9-11H2,1-4H3;7-12H,5-6H2,1-4H3;5-7,9,11-12H,8,10H2,1-4H3;2*10-12,15H,5-9H2,1-4H3;2*5-8,10-11,15H,9H2,1-4H3;3*1H4/t;;;2*12-;;;;;/m...10...../s1. The Labute approximate surface area is 760 Å². The second-order valence-corrected chi connectivity index (χ2v) is 38.0. The van der Waals surface area contributed by atoms with Crippen molar-refractivity contribution in [2.75, 3.05) is 42.9 Å². The van der Waals surface area contributed by atoms with Crippen molar-refractivity contribution in [1.82, 2.24) is 31.1 Å². The molecule has 1 unspecified atom stereocenters. The Kier molecular flexibility index (Phi) is 59.8. The van der Waals surface area contributed by atoms with Crippen LogP contribution < -0.4 is 31.5 Å². The molecule has 18 heteroatoms. The Hall–Kier alpha value is -8.16. The van der Waals surface area contributed by atoms with Crippen LogP contribution in [0.4, 0.5) is 11.4 Å². The molecule has 5 aromatic carbocycles.